The maximum atomic E-state index is 13.3. The van der Waals surface area contributed by atoms with Crippen molar-refractivity contribution in [2.24, 2.45) is 0 Å². The molecule has 2 aromatic heterocycles. The van der Waals surface area contributed by atoms with Gasteiger partial charge in [-0.3, -0.25) is 9.59 Å². The van der Waals surface area contributed by atoms with Gasteiger partial charge < -0.3 is 10.3 Å². The number of carbonyl (C=O) groups excluding carboxylic acids is 1. The van der Waals surface area contributed by atoms with E-state index in [1.54, 1.807) is 26.1 Å². The molecule has 0 aliphatic carbocycles. The molecular formula is C21H19FN4O2S. The Labute approximate surface area is 171 Å². The van der Waals surface area contributed by atoms with Gasteiger partial charge >= 0.3 is 0 Å². The van der Waals surface area contributed by atoms with Crippen LogP contribution in [0.1, 0.15) is 39.2 Å². The number of nitrogens with one attached hydrogen (secondary N) is 2. The molecule has 2 N–H and O–H groups in total. The second-order valence-electron chi connectivity index (χ2n) is 6.66. The van der Waals surface area contributed by atoms with Crippen LogP contribution in [0.25, 0.3) is 0 Å². The molecule has 8 heteroatoms. The highest BCUT2D eigenvalue weighted by atomic mass is 32.1. The lowest BCUT2D eigenvalue weighted by atomic mass is 9.99. The first-order valence-corrected chi connectivity index (χ1v) is 9.80. The number of hydrogen-bond donors (Lipinski definition) is 2. The number of aromatic nitrogens is 2. The molecule has 0 radical (unpaired) electrons. The Kier molecular flexibility index (Phi) is 6.20. The molecule has 1 aromatic carbocycles. The lowest BCUT2D eigenvalue weighted by Gasteiger charge is -2.10. The number of H-pyrrole nitrogens is 1. The maximum Gasteiger partial charge on any atom is 0.266 e. The van der Waals surface area contributed by atoms with Crippen molar-refractivity contribution < 1.29 is 9.18 Å². The van der Waals surface area contributed by atoms with Crippen LogP contribution in [0.4, 0.5) is 9.52 Å². The molecule has 0 atom stereocenters. The van der Waals surface area contributed by atoms with Crippen molar-refractivity contribution in [2.75, 3.05) is 5.32 Å². The molecule has 0 aliphatic heterocycles. The number of benzene rings is 1. The van der Waals surface area contributed by atoms with Crippen molar-refractivity contribution in [3.05, 3.63) is 79.5 Å². The third-order valence-corrected chi connectivity index (χ3v) is 5.50. The number of anilines is 1. The summed E-state index contributed by atoms with van der Waals surface area (Å²) in [6, 6.07) is 8.28. The van der Waals surface area contributed by atoms with Crippen LogP contribution in [0.15, 0.2) is 35.3 Å². The van der Waals surface area contributed by atoms with E-state index in [0.29, 0.717) is 29.2 Å². The summed E-state index contributed by atoms with van der Waals surface area (Å²) in [6.07, 6.45) is 2.80. The second kappa shape index (κ2) is 8.80. The van der Waals surface area contributed by atoms with Crippen LogP contribution in [0, 0.1) is 31.0 Å². The summed E-state index contributed by atoms with van der Waals surface area (Å²) in [5, 5.41) is 12.4. The minimum absolute atomic E-state index is 0.0768. The van der Waals surface area contributed by atoms with Crippen LogP contribution in [0.2, 0.25) is 0 Å². The predicted octanol–water partition coefficient (Wildman–Crippen LogP) is 3.62. The lowest BCUT2D eigenvalue weighted by molar-refractivity contribution is -0.116. The molecule has 1 amide bonds. The van der Waals surface area contributed by atoms with Gasteiger partial charge in [0.2, 0.25) is 5.91 Å². The summed E-state index contributed by atoms with van der Waals surface area (Å²) in [6.45, 7) is 3.47. The number of carbonyl (C=O) groups is 1. The highest BCUT2D eigenvalue weighted by Gasteiger charge is 2.14. The van der Waals surface area contributed by atoms with Crippen LogP contribution in [-0.4, -0.2) is 15.9 Å². The molecule has 0 bridgehead atoms. The summed E-state index contributed by atoms with van der Waals surface area (Å²) in [5.74, 6) is -0.492. The van der Waals surface area contributed by atoms with Gasteiger partial charge in [0.25, 0.3) is 5.56 Å². The van der Waals surface area contributed by atoms with Gasteiger partial charge in [0.15, 0.2) is 5.13 Å². The molecule has 3 rings (SSSR count). The highest BCUT2D eigenvalue weighted by molar-refractivity contribution is 7.15. The number of amides is 1. The molecule has 2 heterocycles. The first-order valence-electron chi connectivity index (χ1n) is 8.99. The van der Waals surface area contributed by atoms with Gasteiger partial charge in [-0.25, -0.2) is 9.37 Å². The third kappa shape index (κ3) is 4.95. The van der Waals surface area contributed by atoms with Crippen molar-refractivity contribution in [3.63, 3.8) is 0 Å². The molecule has 0 unspecified atom stereocenters. The fraction of sp³-hybridized carbons (Fsp3) is 0.238. The SMILES string of the molecule is Cc1[nH]c(=O)c(C#N)c(C)c1CCC(=O)Nc1ncc(Cc2cccc(F)c2)s1. The smallest absolute Gasteiger partial charge is 0.266 e. The molecule has 0 saturated heterocycles. The standard InChI is InChI=1S/C21H19FN4O2S/c1-12-17(13(2)25-20(28)18(12)10-23)6-7-19(27)26-21-24-11-16(29-21)9-14-4-3-5-15(22)8-14/h3-5,8,11H,6-7,9H2,1-2H3,(H,25,28)(H,24,26,27). The zero-order valence-corrected chi connectivity index (χ0v) is 16.8. The second-order valence-corrected chi connectivity index (χ2v) is 7.77. The van der Waals surface area contributed by atoms with Crippen LogP contribution in [-0.2, 0) is 17.6 Å². The molecule has 0 spiro atoms. The Morgan fingerprint density at radius 2 is 2.17 bits per heavy atom. The fourth-order valence-electron chi connectivity index (χ4n) is 3.14. The van der Waals surface area contributed by atoms with Gasteiger partial charge in [0, 0.05) is 29.6 Å². The first kappa shape index (κ1) is 20.4. The van der Waals surface area contributed by atoms with E-state index in [-0.39, 0.29) is 23.7 Å². The van der Waals surface area contributed by atoms with Gasteiger partial charge in [-0.1, -0.05) is 12.1 Å². The normalized spacial score (nSPS) is 10.6. The molecule has 6 nitrogen and oxygen atoms in total. The van der Waals surface area contributed by atoms with Crippen molar-refractivity contribution in [2.45, 2.75) is 33.1 Å². The molecule has 0 fully saturated rings. The Balaban J connectivity index is 1.62. The topological polar surface area (TPSA) is 98.6 Å². The van der Waals surface area contributed by atoms with E-state index < -0.39 is 5.56 Å². The van der Waals surface area contributed by atoms with E-state index in [0.717, 1.165) is 16.0 Å². The minimum atomic E-state index is -0.413. The van der Waals surface area contributed by atoms with E-state index in [2.05, 4.69) is 15.3 Å². The fourth-order valence-corrected chi connectivity index (χ4v) is 4.00. The summed E-state index contributed by atoms with van der Waals surface area (Å²) < 4.78 is 13.3. The zero-order chi connectivity index (χ0) is 21.0. The number of rotatable bonds is 6. The molecule has 0 saturated carbocycles. The number of aromatic amines is 1. The van der Waals surface area contributed by atoms with Crippen molar-refractivity contribution in [1.29, 1.82) is 5.26 Å². The van der Waals surface area contributed by atoms with Crippen LogP contribution in [0.5, 0.6) is 0 Å². The summed E-state index contributed by atoms with van der Waals surface area (Å²) >= 11 is 1.34. The maximum absolute atomic E-state index is 13.3. The molecule has 3 aromatic rings. The number of hydrogen-bond acceptors (Lipinski definition) is 5. The van der Waals surface area contributed by atoms with Crippen LogP contribution < -0.4 is 10.9 Å². The average molecular weight is 410 g/mol. The largest absolute Gasteiger partial charge is 0.325 e. The van der Waals surface area contributed by atoms with Crippen LogP contribution in [0.3, 0.4) is 0 Å². The number of halogens is 1. The third-order valence-electron chi connectivity index (χ3n) is 4.59. The lowest BCUT2D eigenvalue weighted by Crippen LogP contribution is -2.18. The Bertz CT molecular complexity index is 1160. The average Bonchev–Trinajstić information content (AvgIpc) is 3.08. The molecule has 29 heavy (non-hydrogen) atoms. The van der Waals surface area contributed by atoms with E-state index in [4.69, 9.17) is 5.26 Å². The predicted molar refractivity (Wildman–Crippen MR) is 110 cm³/mol. The highest BCUT2D eigenvalue weighted by Crippen LogP contribution is 2.22. The van der Waals surface area contributed by atoms with E-state index in [1.165, 1.54) is 23.5 Å². The van der Waals surface area contributed by atoms with E-state index >= 15 is 0 Å². The van der Waals surface area contributed by atoms with Gasteiger partial charge in [-0.05, 0) is 49.1 Å². The minimum Gasteiger partial charge on any atom is -0.325 e. The monoisotopic (exact) mass is 410 g/mol. The molecule has 148 valence electrons. The van der Waals surface area contributed by atoms with Crippen molar-refractivity contribution in [1.82, 2.24) is 9.97 Å². The molecule has 0 aliphatic rings. The van der Waals surface area contributed by atoms with Gasteiger partial charge in [0.1, 0.15) is 17.4 Å². The van der Waals surface area contributed by atoms with Crippen molar-refractivity contribution in [3.8, 4) is 6.07 Å². The van der Waals surface area contributed by atoms with E-state index in [9.17, 15) is 14.0 Å². The Morgan fingerprint density at radius 3 is 2.90 bits per heavy atom. The first-order chi connectivity index (χ1) is 13.9. The number of thiazole rings is 1. The van der Waals surface area contributed by atoms with Gasteiger partial charge in [-0.2, -0.15) is 5.26 Å². The Hall–Kier alpha value is -3.31. The number of aryl methyl sites for hydroxylation is 1. The number of nitrogens with zero attached hydrogens (tertiary/aromatic N) is 2. The number of pyridine rings is 1. The van der Waals surface area contributed by atoms with Gasteiger partial charge in [0.05, 0.1) is 0 Å². The summed E-state index contributed by atoms with van der Waals surface area (Å²) in [7, 11) is 0. The molecular weight excluding hydrogens is 391 g/mol. The van der Waals surface area contributed by atoms with Crippen molar-refractivity contribution >= 4 is 22.4 Å². The number of nitriles is 1. The quantitative estimate of drug-likeness (QED) is 0.648. The summed E-state index contributed by atoms with van der Waals surface area (Å²) in [5.41, 5.74) is 2.56. The van der Waals surface area contributed by atoms with E-state index in [1.807, 2.05) is 12.1 Å². The van der Waals surface area contributed by atoms with Crippen LogP contribution >= 0.6 is 11.3 Å². The zero-order valence-electron chi connectivity index (χ0n) is 16.0. The Morgan fingerprint density at radius 1 is 1.38 bits per heavy atom. The summed E-state index contributed by atoms with van der Waals surface area (Å²) in [4.78, 5) is 31.9. The van der Waals surface area contributed by atoms with Gasteiger partial charge in [-0.15, -0.1) is 11.3 Å².